The zero-order valence-corrected chi connectivity index (χ0v) is 12.6. The van der Waals surface area contributed by atoms with E-state index in [-0.39, 0.29) is 12.0 Å². The van der Waals surface area contributed by atoms with Gasteiger partial charge in [-0.25, -0.2) is 4.98 Å². The van der Waals surface area contributed by atoms with E-state index >= 15 is 0 Å². The fraction of sp³-hybridized carbons (Fsp3) is 0.667. The Balaban J connectivity index is 2.01. The minimum Gasteiger partial charge on any atom is -0.481 e. The highest BCUT2D eigenvalue weighted by atomic mass is 16.5. The smallest absolute Gasteiger partial charge is 0.306 e. The summed E-state index contributed by atoms with van der Waals surface area (Å²) < 4.78 is 5.54. The molecule has 116 valence electrons. The van der Waals surface area contributed by atoms with E-state index in [0.717, 1.165) is 31.4 Å². The van der Waals surface area contributed by atoms with Gasteiger partial charge in [0.1, 0.15) is 0 Å². The number of nitrogens with one attached hydrogen (secondary N) is 1. The van der Waals surface area contributed by atoms with Crippen LogP contribution < -0.4 is 10.1 Å². The second-order valence-electron chi connectivity index (χ2n) is 5.56. The molecule has 0 saturated heterocycles. The Morgan fingerprint density at radius 3 is 3.00 bits per heavy atom. The van der Waals surface area contributed by atoms with E-state index in [2.05, 4.69) is 15.3 Å². The van der Waals surface area contributed by atoms with Gasteiger partial charge in [-0.3, -0.25) is 4.79 Å². The predicted molar refractivity (Wildman–Crippen MR) is 79.6 cm³/mol. The van der Waals surface area contributed by atoms with Gasteiger partial charge in [0.15, 0.2) is 0 Å². The Bertz CT molecular complexity index is 493. The lowest BCUT2D eigenvalue weighted by atomic mass is 9.86. The molecule has 6 heteroatoms. The molecule has 1 heterocycles. The molecule has 2 rings (SSSR count). The second-order valence-corrected chi connectivity index (χ2v) is 5.56. The molecule has 1 aliphatic rings. The molecular formula is C15H23N3O3. The van der Waals surface area contributed by atoms with Crippen LogP contribution in [0.15, 0.2) is 6.07 Å². The van der Waals surface area contributed by atoms with Crippen molar-refractivity contribution in [2.45, 2.75) is 52.0 Å². The van der Waals surface area contributed by atoms with Gasteiger partial charge in [0, 0.05) is 17.8 Å². The summed E-state index contributed by atoms with van der Waals surface area (Å²) >= 11 is 0. The van der Waals surface area contributed by atoms with Gasteiger partial charge in [0.2, 0.25) is 11.8 Å². The molecule has 2 unspecified atom stereocenters. The van der Waals surface area contributed by atoms with Gasteiger partial charge in [0.05, 0.1) is 12.5 Å². The number of aliphatic carboxylic acids is 1. The van der Waals surface area contributed by atoms with Crippen LogP contribution in [0.2, 0.25) is 0 Å². The number of ether oxygens (including phenoxy) is 1. The van der Waals surface area contributed by atoms with E-state index in [1.807, 2.05) is 19.9 Å². The molecule has 0 amide bonds. The number of aromatic nitrogens is 2. The SMILES string of the molecule is CCCOc1cc(C)nc(NC2CCCC(C(=O)O)C2)n1. The molecule has 0 aliphatic heterocycles. The summed E-state index contributed by atoms with van der Waals surface area (Å²) in [6.07, 6.45) is 4.17. The van der Waals surface area contributed by atoms with E-state index in [4.69, 9.17) is 9.84 Å². The molecule has 1 aromatic rings. The van der Waals surface area contributed by atoms with Crippen LogP contribution in [0.3, 0.4) is 0 Å². The molecule has 0 spiro atoms. The standard InChI is InChI=1S/C15H23N3O3/c1-3-7-21-13-8-10(2)16-15(18-13)17-12-6-4-5-11(9-12)14(19)20/h8,11-12H,3-7,9H2,1-2H3,(H,19,20)(H,16,17,18). The highest BCUT2D eigenvalue weighted by Gasteiger charge is 2.27. The molecule has 0 aromatic carbocycles. The van der Waals surface area contributed by atoms with E-state index < -0.39 is 5.97 Å². The van der Waals surface area contributed by atoms with Gasteiger partial charge < -0.3 is 15.2 Å². The first-order chi connectivity index (χ1) is 10.1. The third-order valence-electron chi connectivity index (χ3n) is 3.64. The van der Waals surface area contributed by atoms with E-state index in [1.54, 1.807) is 0 Å². The van der Waals surface area contributed by atoms with Crippen molar-refractivity contribution in [3.05, 3.63) is 11.8 Å². The van der Waals surface area contributed by atoms with Crippen molar-refractivity contribution in [3.8, 4) is 5.88 Å². The van der Waals surface area contributed by atoms with Gasteiger partial charge >= 0.3 is 5.97 Å². The number of carbonyl (C=O) groups is 1. The van der Waals surface area contributed by atoms with Crippen molar-refractivity contribution in [3.63, 3.8) is 0 Å². The topological polar surface area (TPSA) is 84.3 Å². The lowest BCUT2D eigenvalue weighted by Crippen LogP contribution is -2.31. The van der Waals surface area contributed by atoms with E-state index in [1.165, 1.54) is 0 Å². The first-order valence-electron chi connectivity index (χ1n) is 7.56. The third-order valence-corrected chi connectivity index (χ3v) is 3.64. The lowest BCUT2D eigenvalue weighted by Gasteiger charge is -2.27. The highest BCUT2D eigenvalue weighted by Crippen LogP contribution is 2.26. The normalized spacial score (nSPS) is 21.8. The van der Waals surface area contributed by atoms with Crippen molar-refractivity contribution in [2.75, 3.05) is 11.9 Å². The molecule has 21 heavy (non-hydrogen) atoms. The van der Waals surface area contributed by atoms with Crippen molar-refractivity contribution in [1.29, 1.82) is 0 Å². The van der Waals surface area contributed by atoms with Crippen LogP contribution in [0.25, 0.3) is 0 Å². The van der Waals surface area contributed by atoms with Crippen LogP contribution in [0.1, 0.15) is 44.7 Å². The van der Waals surface area contributed by atoms with Crippen LogP contribution in [-0.2, 0) is 4.79 Å². The number of carboxylic acids is 1. The Labute approximate surface area is 124 Å². The first kappa shape index (κ1) is 15.5. The molecule has 6 nitrogen and oxygen atoms in total. The van der Waals surface area contributed by atoms with Crippen LogP contribution in [-0.4, -0.2) is 33.7 Å². The number of hydrogen-bond donors (Lipinski definition) is 2. The fourth-order valence-electron chi connectivity index (χ4n) is 2.61. The molecule has 2 atom stereocenters. The number of carboxylic acid groups (broad SMARTS) is 1. The Morgan fingerprint density at radius 1 is 1.48 bits per heavy atom. The molecular weight excluding hydrogens is 270 g/mol. The average Bonchev–Trinajstić information content (AvgIpc) is 2.45. The van der Waals surface area contributed by atoms with Crippen LogP contribution >= 0.6 is 0 Å². The maximum Gasteiger partial charge on any atom is 0.306 e. The summed E-state index contributed by atoms with van der Waals surface area (Å²) in [6, 6.07) is 1.92. The van der Waals surface area contributed by atoms with Crippen LogP contribution in [0.4, 0.5) is 5.95 Å². The fourth-order valence-corrected chi connectivity index (χ4v) is 2.61. The minimum atomic E-state index is -0.710. The summed E-state index contributed by atoms with van der Waals surface area (Å²) in [5.74, 6) is 0.116. The summed E-state index contributed by atoms with van der Waals surface area (Å²) in [5.41, 5.74) is 0.837. The van der Waals surface area contributed by atoms with Gasteiger partial charge in [-0.15, -0.1) is 0 Å². The number of anilines is 1. The number of aryl methyl sites for hydroxylation is 1. The second kappa shape index (κ2) is 7.24. The Morgan fingerprint density at radius 2 is 2.29 bits per heavy atom. The number of rotatable bonds is 6. The van der Waals surface area contributed by atoms with Gasteiger partial charge in [0.25, 0.3) is 0 Å². The number of hydrogen-bond acceptors (Lipinski definition) is 5. The zero-order chi connectivity index (χ0) is 15.2. The summed E-state index contributed by atoms with van der Waals surface area (Å²) in [5, 5.41) is 12.4. The predicted octanol–water partition coefficient (Wildman–Crippen LogP) is 2.63. The quantitative estimate of drug-likeness (QED) is 0.838. The molecule has 1 fully saturated rings. The lowest BCUT2D eigenvalue weighted by molar-refractivity contribution is -0.142. The van der Waals surface area contributed by atoms with Crippen LogP contribution in [0, 0.1) is 12.8 Å². The van der Waals surface area contributed by atoms with Crippen molar-refractivity contribution in [1.82, 2.24) is 9.97 Å². The maximum atomic E-state index is 11.1. The van der Waals surface area contributed by atoms with Gasteiger partial charge in [-0.1, -0.05) is 13.3 Å². The maximum absolute atomic E-state index is 11.1. The van der Waals surface area contributed by atoms with E-state index in [0.29, 0.717) is 24.9 Å². The van der Waals surface area contributed by atoms with Crippen molar-refractivity contribution < 1.29 is 14.6 Å². The van der Waals surface area contributed by atoms with Crippen molar-refractivity contribution >= 4 is 11.9 Å². The largest absolute Gasteiger partial charge is 0.481 e. The zero-order valence-electron chi connectivity index (χ0n) is 12.6. The van der Waals surface area contributed by atoms with Crippen molar-refractivity contribution in [2.24, 2.45) is 5.92 Å². The molecule has 0 radical (unpaired) electrons. The summed E-state index contributed by atoms with van der Waals surface area (Å²) in [7, 11) is 0. The Kier molecular flexibility index (Phi) is 5.36. The van der Waals surface area contributed by atoms with Gasteiger partial charge in [-0.05, 0) is 32.6 Å². The Hall–Kier alpha value is -1.85. The molecule has 1 aliphatic carbocycles. The highest BCUT2D eigenvalue weighted by molar-refractivity contribution is 5.70. The minimum absolute atomic E-state index is 0.112. The van der Waals surface area contributed by atoms with Crippen LogP contribution in [0.5, 0.6) is 5.88 Å². The third kappa shape index (κ3) is 4.58. The molecule has 0 bridgehead atoms. The first-order valence-corrected chi connectivity index (χ1v) is 7.56. The number of nitrogens with zero attached hydrogens (tertiary/aromatic N) is 2. The summed E-state index contributed by atoms with van der Waals surface area (Å²) in [6.45, 7) is 4.56. The van der Waals surface area contributed by atoms with Gasteiger partial charge in [-0.2, -0.15) is 4.98 Å². The molecule has 1 aromatic heterocycles. The summed E-state index contributed by atoms with van der Waals surface area (Å²) in [4.78, 5) is 19.8. The molecule has 1 saturated carbocycles. The van der Waals surface area contributed by atoms with E-state index in [9.17, 15) is 4.79 Å². The average molecular weight is 293 g/mol. The monoisotopic (exact) mass is 293 g/mol. The molecule has 2 N–H and O–H groups in total.